The summed E-state index contributed by atoms with van der Waals surface area (Å²) in [6.45, 7) is 4.12. The minimum absolute atomic E-state index is 0.0713. The average Bonchev–Trinajstić information content (AvgIpc) is 3.36. The smallest absolute Gasteiger partial charge is 0.231 e. The van der Waals surface area contributed by atoms with Gasteiger partial charge in [0.05, 0.1) is 11.8 Å². The second-order valence-electron chi connectivity index (χ2n) is 8.95. The molecule has 6 heteroatoms. The molecule has 5 aromatic rings. The van der Waals surface area contributed by atoms with Crippen LogP contribution < -0.4 is 5.32 Å². The highest BCUT2D eigenvalue weighted by Crippen LogP contribution is 2.29. The molecule has 0 bridgehead atoms. The van der Waals surface area contributed by atoms with E-state index in [0.29, 0.717) is 5.16 Å². The molecule has 0 saturated carbocycles. The van der Waals surface area contributed by atoms with E-state index < -0.39 is 0 Å². The molecule has 4 aromatic carbocycles. The number of hydrogen-bond acceptors (Lipinski definition) is 4. The molecule has 184 valence electrons. The minimum Gasteiger partial charge on any atom is -0.344 e. The molecule has 0 aliphatic heterocycles. The van der Waals surface area contributed by atoms with Crippen LogP contribution in [0.25, 0.3) is 17.1 Å². The summed E-state index contributed by atoms with van der Waals surface area (Å²) in [7, 11) is 0. The highest BCUT2D eigenvalue weighted by Gasteiger charge is 2.20. The molecule has 0 fully saturated rings. The maximum atomic E-state index is 13.2. The summed E-state index contributed by atoms with van der Waals surface area (Å²) in [6, 6.07) is 36.3. The third-order valence-electron chi connectivity index (χ3n) is 6.14. The van der Waals surface area contributed by atoms with Crippen molar-refractivity contribution in [2.45, 2.75) is 25.0 Å². The fourth-order valence-corrected chi connectivity index (χ4v) is 4.93. The maximum Gasteiger partial charge on any atom is 0.231 e. The summed E-state index contributed by atoms with van der Waals surface area (Å²) in [4.78, 5) is 13.2. The van der Waals surface area contributed by atoms with Gasteiger partial charge in [0.1, 0.15) is 0 Å². The monoisotopic (exact) mass is 504 g/mol. The van der Waals surface area contributed by atoms with E-state index in [4.69, 9.17) is 0 Å². The van der Waals surface area contributed by atoms with Crippen molar-refractivity contribution in [1.82, 2.24) is 20.1 Å². The Hall–Kier alpha value is -4.16. The summed E-state index contributed by atoms with van der Waals surface area (Å²) < 4.78 is 2.02. The van der Waals surface area contributed by atoms with Crippen molar-refractivity contribution in [2.24, 2.45) is 0 Å². The topological polar surface area (TPSA) is 59.8 Å². The van der Waals surface area contributed by atoms with Crippen LogP contribution in [0.2, 0.25) is 0 Å². The highest BCUT2D eigenvalue weighted by molar-refractivity contribution is 7.99. The van der Waals surface area contributed by atoms with E-state index in [9.17, 15) is 4.79 Å². The maximum absolute atomic E-state index is 13.2. The zero-order valence-electron chi connectivity index (χ0n) is 20.8. The number of nitrogens with zero attached hydrogens (tertiary/aromatic N) is 3. The first-order valence-corrected chi connectivity index (χ1v) is 13.2. The predicted octanol–water partition coefficient (Wildman–Crippen LogP) is 6.55. The fourth-order valence-electron chi connectivity index (χ4n) is 4.16. The van der Waals surface area contributed by atoms with Gasteiger partial charge >= 0.3 is 0 Å². The summed E-state index contributed by atoms with van der Waals surface area (Å²) in [6.07, 6.45) is 0. The van der Waals surface area contributed by atoms with Crippen molar-refractivity contribution < 1.29 is 4.79 Å². The Kier molecular flexibility index (Phi) is 7.47. The number of aryl methyl sites for hydroxylation is 2. The van der Waals surface area contributed by atoms with Crippen molar-refractivity contribution in [3.8, 4) is 17.1 Å². The molecule has 1 heterocycles. The van der Waals surface area contributed by atoms with Crippen LogP contribution in [0.4, 0.5) is 0 Å². The molecule has 0 spiro atoms. The van der Waals surface area contributed by atoms with E-state index in [1.165, 1.54) is 22.9 Å². The number of amides is 1. The Labute approximate surface area is 221 Å². The van der Waals surface area contributed by atoms with Crippen LogP contribution in [0.15, 0.2) is 114 Å². The predicted molar refractivity (Wildman–Crippen MR) is 150 cm³/mol. The first-order chi connectivity index (χ1) is 18.1. The van der Waals surface area contributed by atoms with Crippen LogP contribution in [0, 0.1) is 13.8 Å². The quantitative estimate of drug-likeness (QED) is 0.244. The highest BCUT2D eigenvalue weighted by atomic mass is 32.2. The lowest BCUT2D eigenvalue weighted by Gasteiger charge is -2.20. The molecular formula is C31H28N4OS. The number of rotatable bonds is 8. The van der Waals surface area contributed by atoms with Crippen molar-refractivity contribution in [3.05, 3.63) is 131 Å². The zero-order valence-corrected chi connectivity index (χ0v) is 21.7. The summed E-state index contributed by atoms with van der Waals surface area (Å²) in [5.74, 6) is 0.893. The molecular weight excluding hydrogens is 476 g/mol. The zero-order chi connectivity index (χ0) is 25.6. The van der Waals surface area contributed by atoms with Gasteiger partial charge in [-0.3, -0.25) is 9.36 Å². The molecule has 1 aromatic heterocycles. The molecule has 0 aliphatic rings. The van der Waals surface area contributed by atoms with E-state index in [0.717, 1.165) is 28.2 Å². The first kappa shape index (κ1) is 24.5. The molecule has 5 nitrogen and oxygen atoms in total. The van der Waals surface area contributed by atoms with Gasteiger partial charge < -0.3 is 5.32 Å². The molecule has 0 saturated heterocycles. The standard InChI is InChI=1S/C31H28N4OS/c1-22-13-17-26(18-14-22)30-33-34-31(35(30)27-19-15-23(2)16-20-27)37-21-28(36)32-29(24-9-5-3-6-10-24)25-11-7-4-8-12-25/h3-20,29H,21H2,1-2H3,(H,32,36). The van der Waals surface area contributed by atoms with Crippen molar-refractivity contribution in [2.75, 3.05) is 5.75 Å². The van der Waals surface area contributed by atoms with Crippen LogP contribution in [0.3, 0.4) is 0 Å². The van der Waals surface area contributed by atoms with Gasteiger partial charge in [0.15, 0.2) is 11.0 Å². The Bertz CT molecular complexity index is 1420. The van der Waals surface area contributed by atoms with Gasteiger partial charge in [-0.25, -0.2) is 0 Å². The van der Waals surface area contributed by atoms with Gasteiger partial charge in [-0.15, -0.1) is 10.2 Å². The normalized spacial score (nSPS) is 11.0. The SMILES string of the molecule is Cc1ccc(-c2nnc(SCC(=O)NC(c3ccccc3)c3ccccc3)n2-c2ccc(C)cc2)cc1. The van der Waals surface area contributed by atoms with Crippen LogP contribution in [0.1, 0.15) is 28.3 Å². The first-order valence-electron chi connectivity index (χ1n) is 12.2. The van der Waals surface area contributed by atoms with Gasteiger partial charge in [0.2, 0.25) is 5.91 Å². The Morgan fingerprint density at radius 3 is 1.86 bits per heavy atom. The number of thioether (sulfide) groups is 1. The summed E-state index contributed by atoms with van der Waals surface area (Å²) in [5.41, 5.74) is 6.37. The second-order valence-corrected chi connectivity index (χ2v) is 9.90. The second kappa shape index (κ2) is 11.3. The molecule has 0 radical (unpaired) electrons. The number of carbonyl (C=O) groups is 1. The largest absolute Gasteiger partial charge is 0.344 e. The molecule has 1 N–H and O–H groups in total. The number of benzene rings is 4. The summed E-state index contributed by atoms with van der Waals surface area (Å²) >= 11 is 1.38. The number of carbonyl (C=O) groups excluding carboxylic acids is 1. The Morgan fingerprint density at radius 1 is 0.757 bits per heavy atom. The number of hydrogen-bond donors (Lipinski definition) is 1. The molecule has 1 amide bonds. The third kappa shape index (κ3) is 5.81. The van der Waals surface area contributed by atoms with Crippen molar-refractivity contribution in [3.63, 3.8) is 0 Å². The van der Waals surface area contributed by atoms with E-state index in [-0.39, 0.29) is 17.7 Å². The number of aromatic nitrogens is 3. The minimum atomic E-state index is -0.228. The lowest BCUT2D eigenvalue weighted by Crippen LogP contribution is -2.30. The van der Waals surface area contributed by atoms with E-state index in [1.54, 1.807) is 0 Å². The summed E-state index contributed by atoms with van der Waals surface area (Å²) in [5, 5.41) is 12.9. The van der Waals surface area contributed by atoms with Gasteiger partial charge in [-0.2, -0.15) is 0 Å². The van der Waals surface area contributed by atoms with Crippen LogP contribution in [0.5, 0.6) is 0 Å². The van der Waals surface area contributed by atoms with Gasteiger partial charge in [0, 0.05) is 11.3 Å². The van der Waals surface area contributed by atoms with Gasteiger partial charge in [-0.1, -0.05) is 120 Å². The van der Waals surface area contributed by atoms with Crippen molar-refractivity contribution in [1.29, 1.82) is 0 Å². The van der Waals surface area contributed by atoms with Crippen LogP contribution in [-0.4, -0.2) is 26.4 Å². The van der Waals surface area contributed by atoms with Crippen LogP contribution in [-0.2, 0) is 4.79 Å². The van der Waals surface area contributed by atoms with E-state index >= 15 is 0 Å². The van der Waals surface area contributed by atoms with Crippen molar-refractivity contribution >= 4 is 17.7 Å². The third-order valence-corrected chi connectivity index (χ3v) is 7.07. The van der Waals surface area contributed by atoms with Gasteiger partial charge in [0.25, 0.3) is 0 Å². The number of nitrogens with one attached hydrogen (secondary N) is 1. The molecule has 0 aliphatic carbocycles. The van der Waals surface area contributed by atoms with Crippen LogP contribution >= 0.6 is 11.8 Å². The van der Waals surface area contributed by atoms with E-state index in [2.05, 4.69) is 77.9 Å². The Balaban J connectivity index is 1.40. The lowest BCUT2D eigenvalue weighted by molar-refractivity contribution is -0.119. The molecule has 0 atom stereocenters. The average molecular weight is 505 g/mol. The Morgan fingerprint density at radius 2 is 1.30 bits per heavy atom. The fraction of sp³-hybridized carbons (Fsp3) is 0.129. The van der Waals surface area contributed by atoms with Gasteiger partial charge in [-0.05, 0) is 37.1 Å². The lowest BCUT2D eigenvalue weighted by atomic mass is 9.99. The molecule has 37 heavy (non-hydrogen) atoms. The molecule has 5 rings (SSSR count). The molecule has 0 unspecified atom stereocenters. The van der Waals surface area contributed by atoms with E-state index in [1.807, 2.05) is 65.2 Å².